The molecule has 0 saturated carbocycles. The van der Waals surface area contributed by atoms with Crippen LogP contribution < -0.4 is 5.32 Å². The highest BCUT2D eigenvalue weighted by Gasteiger charge is 2.19. The Balaban J connectivity index is 2.08. The Kier molecular flexibility index (Phi) is 5.99. The Hall–Kier alpha value is -2.15. The molecule has 0 aliphatic heterocycles. The first kappa shape index (κ1) is 19.6. The highest BCUT2D eigenvalue weighted by Crippen LogP contribution is 2.33. The van der Waals surface area contributed by atoms with Gasteiger partial charge < -0.3 is 14.8 Å². The lowest BCUT2D eigenvalue weighted by Crippen LogP contribution is -2.21. The quantitative estimate of drug-likeness (QED) is 0.641. The van der Waals surface area contributed by atoms with Gasteiger partial charge in [0.15, 0.2) is 0 Å². The van der Waals surface area contributed by atoms with E-state index in [4.69, 9.17) is 21.1 Å². The minimum atomic E-state index is -0.0515. The molecular formula is C20H25ClN4O2. The average molecular weight is 389 g/mol. The van der Waals surface area contributed by atoms with Gasteiger partial charge in [-0.3, -0.25) is 0 Å². The third-order valence-electron chi connectivity index (χ3n) is 4.48. The number of rotatable bonds is 7. The summed E-state index contributed by atoms with van der Waals surface area (Å²) in [7, 11) is 3.34. The van der Waals surface area contributed by atoms with E-state index in [9.17, 15) is 0 Å². The highest BCUT2D eigenvalue weighted by atomic mass is 35.5. The number of methoxy groups -OCH3 is 2. The van der Waals surface area contributed by atoms with Crippen molar-refractivity contribution in [1.29, 1.82) is 0 Å². The van der Waals surface area contributed by atoms with Gasteiger partial charge in [-0.1, -0.05) is 22.9 Å². The molecule has 6 nitrogen and oxygen atoms in total. The second-order valence-corrected chi connectivity index (χ2v) is 7.25. The van der Waals surface area contributed by atoms with E-state index in [1.165, 1.54) is 0 Å². The van der Waals surface area contributed by atoms with Gasteiger partial charge in [0.05, 0.1) is 35.1 Å². The normalized spacial score (nSPS) is 11.5. The predicted octanol–water partition coefficient (Wildman–Crippen LogP) is 4.59. The van der Waals surface area contributed by atoms with Crippen LogP contribution in [0.15, 0.2) is 24.3 Å². The summed E-state index contributed by atoms with van der Waals surface area (Å²) in [6.45, 7) is 7.11. The van der Waals surface area contributed by atoms with Crippen LogP contribution in [0.1, 0.15) is 22.7 Å². The zero-order valence-electron chi connectivity index (χ0n) is 16.3. The molecule has 1 aromatic heterocycles. The summed E-state index contributed by atoms with van der Waals surface area (Å²) in [6, 6.07) is 8.13. The van der Waals surface area contributed by atoms with E-state index in [1.807, 2.05) is 31.5 Å². The van der Waals surface area contributed by atoms with Gasteiger partial charge in [-0.15, -0.1) is 5.10 Å². The van der Waals surface area contributed by atoms with Crippen molar-refractivity contribution in [3.8, 4) is 0 Å². The van der Waals surface area contributed by atoms with Crippen LogP contribution in [0, 0.1) is 20.8 Å². The molecule has 0 atom stereocenters. The molecule has 0 unspecified atom stereocenters. The number of nitrogens with zero attached hydrogens (tertiary/aromatic N) is 3. The summed E-state index contributed by atoms with van der Waals surface area (Å²) in [6.07, 6.45) is 0. The maximum atomic E-state index is 6.48. The molecule has 1 N–H and O–H groups in total. The molecule has 0 spiro atoms. The van der Waals surface area contributed by atoms with Gasteiger partial charge in [0.25, 0.3) is 0 Å². The molecule has 144 valence electrons. The lowest BCUT2D eigenvalue weighted by atomic mass is 10.1. The smallest absolute Gasteiger partial charge is 0.136 e. The number of nitrogens with one attached hydrogen (secondary N) is 1. The van der Waals surface area contributed by atoms with E-state index < -0.39 is 0 Å². The average Bonchev–Trinajstić information content (AvgIpc) is 3.01. The minimum Gasteiger partial charge on any atom is -0.382 e. The molecule has 0 amide bonds. The summed E-state index contributed by atoms with van der Waals surface area (Å²) in [4.78, 5) is 0. The number of fused-ring (bicyclic) bond motifs is 1. The van der Waals surface area contributed by atoms with E-state index in [-0.39, 0.29) is 6.04 Å². The summed E-state index contributed by atoms with van der Waals surface area (Å²) in [5, 5.41) is 12.9. The number of ether oxygens (including phenoxy) is 2. The molecule has 3 aromatic rings. The maximum absolute atomic E-state index is 6.48. The summed E-state index contributed by atoms with van der Waals surface area (Å²) in [5.74, 6) is 0. The van der Waals surface area contributed by atoms with Crippen molar-refractivity contribution in [3.05, 3.63) is 46.0 Å². The topological polar surface area (TPSA) is 61.2 Å². The van der Waals surface area contributed by atoms with Crippen LogP contribution >= 0.6 is 11.6 Å². The zero-order chi connectivity index (χ0) is 19.6. The summed E-state index contributed by atoms with van der Waals surface area (Å²) in [5.41, 5.74) is 6.78. The third kappa shape index (κ3) is 4.08. The number of hydrogen-bond donors (Lipinski definition) is 1. The second-order valence-electron chi connectivity index (χ2n) is 6.84. The van der Waals surface area contributed by atoms with Crippen LogP contribution in [0.5, 0.6) is 0 Å². The van der Waals surface area contributed by atoms with Gasteiger partial charge in [-0.2, -0.15) is 0 Å². The Bertz CT molecular complexity index is 926. The molecule has 0 saturated heterocycles. The summed E-state index contributed by atoms with van der Waals surface area (Å²) < 4.78 is 12.5. The van der Waals surface area contributed by atoms with Crippen molar-refractivity contribution in [2.24, 2.45) is 0 Å². The molecular weight excluding hydrogens is 364 g/mol. The Labute approximate surface area is 164 Å². The Morgan fingerprint density at radius 1 is 1.04 bits per heavy atom. The SMILES string of the molecule is COCC(COC)n1nnc2c(Nc3c(C)cc(C)cc3Cl)cc(C)cc21. The molecule has 27 heavy (non-hydrogen) atoms. The van der Waals surface area contributed by atoms with Crippen LogP contribution in [0.3, 0.4) is 0 Å². The van der Waals surface area contributed by atoms with Crippen molar-refractivity contribution in [2.75, 3.05) is 32.8 Å². The van der Waals surface area contributed by atoms with Gasteiger partial charge >= 0.3 is 0 Å². The molecule has 0 bridgehead atoms. The number of hydrogen-bond acceptors (Lipinski definition) is 5. The first-order chi connectivity index (χ1) is 12.9. The molecule has 7 heteroatoms. The molecule has 2 aromatic carbocycles. The molecule has 1 heterocycles. The minimum absolute atomic E-state index is 0.0515. The van der Waals surface area contributed by atoms with Crippen molar-refractivity contribution in [3.63, 3.8) is 0 Å². The fourth-order valence-corrected chi connectivity index (χ4v) is 3.70. The second kappa shape index (κ2) is 8.25. The van der Waals surface area contributed by atoms with Crippen LogP contribution in [0.4, 0.5) is 11.4 Å². The van der Waals surface area contributed by atoms with Crippen LogP contribution in [0.2, 0.25) is 5.02 Å². The largest absolute Gasteiger partial charge is 0.382 e. The van der Waals surface area contributed by atoms with Crippen molar-refractivity contribution >= 4 is 34.0 Å². The van der Waals surface area contributed by atoms with Crippen LogP contribution in [0.25, 0.3) is 11.0 Å². The molecule has 0 fully saturated rings. The van der Waals surface area contributed by atoms with E-state index in [0.29, 0.717) is 18.2 Å². The number of halogens is 1. The molecule has 0 aliphatic rings. The number of anilines is 2. The Morgan fingerprint density at radius 2 is 1.70 bits per heavy atom. The Morgan fingerprint density at radius 3 is 2.33 bits per heavy atom. The maximum Gasteiger partial charge on any atom is 0.136 e. The number of aryl methyl sites for hydroxylation is 3. The van der Waals surface area contributed by atoms with Crippen molar-refractivity contribution in [1.82, 2.24) is 15.0 Å². The first-order valence-corrected chi connectivity index (χ1v) is 9.19. The molecule has 3 rings (SSSR count). The summed E-state index contributed by atoms with van der Waals surface area (Å²) >= 11 is 6.48. The molecule has 0 aliphatic carbocycles. The van der Waals surface area contributed by atoms with E-state index >= 15 is 0 Å². The van der Waals surface area contributed by atoms with E-state index in [2.05, 4.69) is 33.8 Å². The number of aromatic nitrogens is 3. The first-order valence-electron chi connectivity index (χ1n) is 8.81. The monoisotopic (exact) mass is 388 g/mol. The van der Waals surface area contributed by atoms with Gasteiger partial charge in [0.1, 0.15) is 11.6 Å². The zero-order valence-corrected chi connectivity index (χ0v) is 17.1. The highest BCUT2D eigenvalue weighted by molar-refractivity contribution is 6.33. The van der Waals surface area contributed by atoms with Gasteiger partial charge in [0.2, 0.25) is 0 Å². The van der Waals surface area contributed by atoms with Gasteiger partial charge in [-0.05, 0) is 55.7 Å². The van der Waals surface area contributed by atoms with Crippen LogP contribution in [-0.2, 0) is 9.47 Å². The van der Waals surface area contributed by atoms with Crippen molar-refractivity contribution < 1.29 is 9.47 Å². The van der Waals surface area contributed by atoms with E-state index in [0.717, 1.165) is 39.1 Å². The van der Waals surface area contributed by atoms with Crippen LogP contribution in [-0.4, -0.2) is 42.4 Å². The lowest BCUT2D eigenvalue weighted by molar-refractivity contribution is 0.0850. The van der Waals surface area contributed by atoms with Gasteiger partial charge in [0, 0.05) is 14.2 Å². The fourth-order valence-electron chi connectivity index (χ4n) is 3.33. The lowest BCUT2D eigenvalue weighted by Gasteiger charge is -2.17. The fraction of sp³-hybridized carbons (Fsp3) is 0.400. The standard InChI is InChI=1S/C20H25ClN4O2/c1-12-6-14(3)19(16(21)7-12)22-17-8-13(2)9-18-20(17)23-24-25(18)15(10-26-4)11-27-5/h6-9,15,22H,10-11H2,1-5H3. The van der Waals surface area contributed by atoms with Crippen molar-refractivity contribution in [2.45, 2.75) is 26.8 Å². The number of benzene rings is 2. The third-order valence-corrected chi connectivity index (χ3v) is 4.78. The predicted molar refractivity (Wildman–Crippen MR) is 109 cm³/mol. The van der Waals surface area contributed by atoms with E-state index in [1.54, 1.807) is 14.2 Å². The molecule has 0 radical (unpaired) electrons. The van der Waals surface area contributed by atoms with Gasteiger partial charge in [-0.25, -0.2) is 4.68 Å².